The highest BCUT2D eigenvalue weighted by molar-refractivity contribution is 7.89. The first-order valence-corrected chi connectivity index (χ1v) is 5.53. The first-order chi connectivity index (χ1) is 6.72. The molecule has 0 aromatic carbocycles. The van der Waals surface area contributed by atoms with Crippen molar-refractivity contribution in [2.45, 2.75) is 25.6 Å². The molecule has 4 N–H and O–H groups in total. The van der Waals surface area contributed by atoms with E-state index < -0.39 is 33.6 Å². The summed E-state index contributed by atoms with van der Waals surface area (Å²) in [5.41, 5.74) is 5.15. The molecule has 9 heteroatoms. The fraction of sp³-hybridized carbons (Fsp3) is 0.833. The van der Waals surface area contributed by atoms with E-state index >= 15 is 0 Å². The van der Waals surface area contributed by atoms with Gasteiger partial charge in [0.05, 0.1) is 6.04 Å². The molecule has 0 aliphatic heterocycles. The number of nitrogens with one attached hydrogen (secondary N) is 1. The number of rotatable bonds is 5. The molecule has 0 radical (unpaired) electrons. The molecule has 0 saturated carbocycles. The van der Waals surface area contributed by atoms with Gasteiger partial charge in [-0.3, -0.25) is 0 Å². The zero-order valence-corrected chi connectivity index (χ0v) is 9.00. The third-order valence-corrected chi connectivity index (χ3v) is 2.68. The molecule has 0 aromatic rings. The quantitative estimate of drug-likeness (QED) is 0.272. The molecular formula is C6H13F2N3O3S. The van der Waals surface area contributed by atoms with Crippen molar-refractivity contribution in [1.82, 2.24) is 4.72 Å². The summed E-state index contributed by atoms with van der Waals surface area (Å²) in [4.78, 5) is 0. The van der Waals surface area contributed by atoms with Gasteiger partial charge in [0.15, 0.2) is 5.84 Å². The van der Waals surface area contributed by atoms with Crippen LogP contribution in [0.4, 0.5) is 8.78 Å². The van der Waals surface area contributed by atoms with E-state index in [1.165, 1.54) is 13.8 Å². The molecule has 0 bridgehead atoms. The second-order valence-corrected chi connectivity index (χ2v) is 4.85. The summed E-state index contributed by atoms with van der Waals surface area (Å²) in [5, 5.41) is 10.9. The molecule has 15 heavy (non-hydrogen) atoms. The smallest absolute Gasteiger partial charge is 0.350 e. The van der Waals surface area contributed by atoms with E-state index in [4.69, 9.17) is 10.9 Å². The van der Waals surface area contributed by atoms with E-state index in [0.717, 1.165) is 0 Å². The van der Waals surface area contributed by atoms with Gasteiger partial charge in [0.1, 0.15) is 0 Å². The van der Waals surface area contributed by atoms with Gasteiger partial charge >= 0.3 is 5.76 Å². The maximum Gasteiger partial charge on any atom is 0.350 e. The number of halogens is 2. The van der Waals surface area contributed by atoms with Crippen LogP contribution in [-0.4, -0.2) is 31.3 Å². The van der Waals surface area contributed by atoms with Crippen LogP contribution in [-0.2, 0) is 10.0 Å². The fourth-order valence-corrected chi connectivity index (χ4v) is 1.68. The van der Waals surface area contributed by atoms with Crippen molar-refractivity contribution in [3.05, 3.63) is 0 Å². The van der Waals surface area contributed by atoms with Crippen LogP contribution in [0.2, 0.25) is 0 Å². The Morgan fingerprint density at radius 2 is 1.93 bits per heavy atom. The second-order valence-electron chi connectivity index (χ2n) is 3.17. The van der Waals surface area contributed by atoms with E-state index in [9.17, 15) is 17.2 Å². The molecule has 1 atom stereocenters. The normalized spacial score (nSPS) is 16.0. The Kier molecular flexibility index (Phi) is 4.88. The van der Waals surface area contributed by atoms with Crippen LogP contribution >= 0.6 is 0 Å². The van der Waals surface area contributed by atoms with Crippen molar-refractivity contribution < 1.29 is 22.4 Å². The predicted molar refractivity (Wildman–Crippen MR) is 50.1 cm³/mol. The topological polar surface area (TPSA) is 105 Å². The fourth-order valence-electron chi connectivity index (χ4n) is 0.829. The van der Waals surface area contributed by atoms with E-state index in [-0.39, 0.29) is 0 Å². The highest BCUT2D eigenvalue weighted by Gasteiger charge is 2.30. The van der Waals surface area contributed by atoms with Gasteiger partial charge in [-0.25, -0.2) is 8.42 Å². The lowest BCUT2D eigenvalue weighted by Crippen LogP contribution is -2.49. The van der Waals surface area contributed by atoms with Gasteiger partial charge in [-0.05, 0) is 5.92 Å². The molecule has 0 fully saturated rings. The van der Waals surface area contributed by atoms with Crippen LogP contribution in [0.15, 0.2) is 5.16 Å². The van der Waals surface area contributed by atoms with Crippen molar-refractivity contribution in [3.8, 4) is 0 Å². The number of amidine groups is 1. The zero-order chi connectivity index (χ0) is 12.2. The van der Waals surface area contributed by atoms with Crippen molar-refractivity contribution in [3.63, 3.8) is 0 Å². The van der Waals surface area contributed by atoms with Gasteiger partial charge in [-0.15, -0.1) is 0 Å². The molecule has 0 saturated heterocycles. The van der Waals surface area contributed by atoms with Crippen LogP contribution in [0.1, 0.15) is 13.8 Å². The average Bonchev–Trinajstić information content (AvgIpc) is 2.12. The summed E-state index contributed by atoms with van der Waals surface area (Å²) < 4.78 is 47.3. The number of oxime groups is 1. The van der Waals surface area contributed by atoms with Crippen molar-refractivity contribution >= 4 is 15.9 Å². The van der Waals surface area contributed by atoms with E-state index in [1.807, 2.05) is 0 Å². The Bertz CT molecular complexity index is 329. The molecule has 0 heterocycles. The maximum atomic E-state index is 12.0. The average molecular weight is 245 g/mol. The Morgan fingerprint density at radius 3 is 2.20 bits per heavy atom. The van der Waals surface area contributed by atoms with Crippen molar-refractivity contribution in [2.24, 2.45) is 16.8 Å². The van der Waals surface area contributed by atoms with E-state index in [2.05, 4.69) is 5.16 Å². The molecule has 6 nitrogen and oxygen atoms in total. The second kappa shape index (κ2) is 5.21. The van der Waals surface area contributed by atoms with Crippen molar-refractivity contribution in [1.29, 1.82) is 0 Å². The third kappa shape index (κ3) is 3.96. The standard InChI is InChI=1S/C6H13F2N3O3S/c1-3(2)4(5(9)10-12)11-15(13,14)6(7)8/h3-4,6,11-12H,1-2H3,(H2,9,10). The number of hydrogen-bond acceptors (Lipinski definition) is 4. The largest absolute Gasteiger partial charge is 0.409 e. The number of alkyl halides is 2. The molecule has 0 amide bonds. The molecular weight excluding hydrogens is 232 g/mol. The Morgan fingerprint density at radius 1 is 1.47 bits per heavy atom. The van der Waals surface area contributed by atoms with Gasteiger partial charge in [0, 0.05) is 0 Å². The molecule has 0 aromatic heterocycles. The van der Waals surface area contributed by atoms with Crippen LogP contribution in [0, 0.1) is 5.92 Å². The molecule has 90 valence electrons. The van der Waals surface area contributed by atoms with Gasteiger partial charge in [0.25, 0.3) is 10.0 Å². The monoisotopic (exact) mass is 245 g/mol. The Hall–Kier alpha value is -0.960. The number of nitrogens with two attached hydrogens (primary N) is 1. The minimum absolute atomic E-state index is 0.422. The van der Waals surface area contributed by atoms with Crippen LogP contribution < -0.4 is 10.5 Å². The minimum Gasteiger partial charge on any atom is -0.409 e. The summed E-state index contributed by atoms with van der Waals surface area (Å²) in [6, 6.07) is -1.16. The van der Waals surface area contributed by atoms with Crippen molar-refractivity contribution in [2.75, 3.05) is 0 Å². The molecule has 0 aliphatic carbocycles. The summed E-state index contributed by atoms with van der Waals surface area (Å²) in [6.07, 6.45) is 0. The number of sulfonamides is 1. The van der Waals surface area contributed by atoms with E-state index in [0.29, 0.717) is 0 Å². The van der Waals surface area contributed by atoms with Crippen LogP contribution in [0.5, 0.6) is 0 Å². The van der Waals surface area contributed by atoms with Crippen LogP contribution in [0.25, 0.3) is 0 Å². The van der Waals surface area contributed by atoms with Gasteiger partial charge < -0.3 is 10.9 Å². The predicted octanol–water partition coefficient (Wildman–Crippen LogP) is -0.101. The molecule has 0 spiro atoms. The number of nitrogens with zero attached hydrogens (tertiary/aromatic N) is 1. The minimum atomic E-state index is -4.75. The first-order valence-electron chi connectivity index (χ1n) is 3.99. The summed E-state index contributed by atoms with van der Waals surface area (Å²) >= 11 is 0. The van der Waals surface area contributed by atoms with Gasteiger partial charge in [-0.1, -0.05) is 19.0 Å². The molecule has 0 rings (SSSR count). The van der Waals surface area contributed by atoms with E-state index in [1.54, 1.807) is 4.72 Å². The zero-order valence-electron chi connectivity index (χ0n) is 8.18. The highest BCUT2D eigenvalue weighted by atomic mass is 32.2. The lowest BCUT2D eigenvalue weighted by molar-refractivity contribution is 0.231. The van der Waals surface area contributed by atoms with Crippen LogP contribution in [0.3, 0.4) is 0 Å². The highest BCUT2D eigenvalue weighted by Crippen LogP contribution is 2.08. The lowest BCUT2D eigenvalue weighted by Gasteiger charge is -2.20. The summed E-state index contributed by atoms with van der Waals surface area (Å²) in [7, 11) is -4.75. The number of hydrogen-bond donors (Lipinski definition) is 3. The van der Waals surface area contributed by atoms with Gasteiger partial charge in [0.2, 0.25) is 0 Å². The lowest BCUT2D eigenvalue weighted by atomic mass is 10.1. The Labute approximate surface area is 86.2 Å². The van der Waals surface area contributed by atoms with Gasteiger partial charge in [-0.2, -0.15) is 13.5 Å². The summed E-state index contributed by atoms with van der Waals surface area (Å²) in [6.45, 7) is 3.08. The third-order valence-electron chi connectivity index (χ3n) is 1.63. The SMILES string of the molecule is CC(C)C(NS(=O)(=O)C(F)F)C(N)=NO. The molecule has 1 unspecified atom stereocenters. The Balaban J connectivity index is 4.87. The maximum absolute atomic E-state index is 12.0. The molecule has 0 aliphatic rings. The summed E-state index contributed by atoms with van der Waals surface area (Å²) in [5.74, 6) is -4.44. The first kappa shape index (κ1) is 14.0.